The molecule has 0 radical (unpaired) electrons. The largest absolute Gasteiger partial charge is 0.137 e. The summed E-state index contributed by atoms with van der Waals surface area (Å²) in [6, 6.07) is 22.0. The first-order chi connectivity index (χ1) is 9.93. The molecule has 98 valence electrons. The summed E-state index contributed by atoms with van der Waals surface area (Å²) in [5.41, 5.74) is 5.80. The van der Waals surface area contributed by atoms with Crippen LogP contribution >= 0.6 is 23.1 Å². The molecule has 0 nitrogen and oxygen atoms in total. The minimum Gasteiger partial charge on any atom is -0.137 e. The molecule has 1 heterocycles. The first-order valence-corrected chi connectivity index (χ1v) is 8.64. The lowest BCUT2D eigenvalue weighted by atomic mass is 9.99. The Morgan fingerprint density at radius 2 is 1.45 bits per heavy atom. The minimum atomic E-state index is 0.523. The predicted molar refractivity (Wildman–Crippen MR) is 88.8 cm³/mol. The van der Waals surface area contributed by atoms with Gasteiger partial charge in [0.2, 0.25) is 0 Å². The summed E-state index contributed by atoms with van der Waals surface area (Å²) in [7, 11) is 0. The fraction of sp³-hybridized carbons (Fsp3) is 0.111. The van der Waals surface area contributed by atoms with Gasteiger partial charge in [0, 0.05) is 11.7 Å². The fourth-order valence-electron chi connectivity index (χ4n) is 2.95. The van der Waals surface area contributed by atoms with Crippen molar-refractivity contribution in [2.24, 2.45) is 0 Å². The fourth-order valence-corrected chi connectivity index (χ4v) is 4.91. The summed E-state index contributed by atoms with van der Waals surface area (Å²) < 4.78 is 1.41. The van der Waals surface area contributed by atoms with Crippen molar-refractivity contribution in [1.29, 1.82) is 0 Å². The standard InChI is InChI=1S/C18H14S2/c1-3-8-15-13(6-1)14-7-2-4-9-16(14)17(15)12-20-18-10-5-11-19-18/h1-11,17H,12H2. The van der Waals surface area contributed by atoms with Gasteiger partial charge in [-0.1, -0.05) is 54.6 Å². The van der Waals surface area contributed by atoms with Gasteiger partial charge in [0.05, 0.1) is 4.21 Å². The number of hydrogen-bond donors (Lipinski definition) is 0. The zero-order chi connectivity index (χ0) is 13.4. The third-order valence-electron chi connectivity index (χ3n) is 3.85. The van der Waals surface area contributed by atoms with Crippen molar-refractivity contribution >= 4 is 23.1 Å². The number of hydrogen-bond acceptors (Lipinski definition) is 2. The number of fused-ring (bicyclic) bond motifs is 3. The van der Waals surface area contributed by atoms with E-state index in [4.69, 9.17) is 0 Å². The van der Waals surface area contributed by atoms with Gasteiger partial charge in [-0.25, -0.2) is 0 Å². The van der Waals surface area contributed by atoms with Crippen LogP contribution in [0.3, 0.4) is 0 Å². The Morgan fingerprint density at radius 3 is 2.05 bits per heavy atom. The van der Waals surface area contributed by atoms with Crippen molar-refractivity contribution in [3.63, 3.8) is 0 Å². The van der Waals surface area contributed by atoms with E-state index in [9.17, 15) is 0 Å². The van der Waals surface area contributed by atoms with Crippen LogP contribution in [0.25, 0.3) is 11.1 Å². The molecule has 2 aromatic carbocycles. The average Bonchev–Trinajstić information content (AvgIpc) is 3.11. The minimum absolute atomic E-state index is 0.523. The van der Waals surface area contributed by atoms with Crippen molar-refractivity contribution in [3.05, 3.63) is 77.2 Å². The van der Waals surface area contributed by atoms with Gasteiger partial charge >= 0.3 is 0 Å². The molecule has 2 heteroatoms. The number of benzene rings is 2. The highest BCUT2D eigenvalue weighted by Gasteiger charge is 2.27. The normalized spacial score (nSPS) is 13.2. The van der Waals surface area contributed by atoms with Crippen LogP contribution in [0.1, 0.15) is 17.0 Å². The average molecular weight is 294 g/mol. The first-order valence-electron chi connectivity index (χ1n) is 6.78. The van der Waals surface area contributed by atoms with Crippen molar-refractivity contribution in [2.75, 3.05) is 5.75 Å². The molecule has 0 saturated carbocycles. The summed E-state index contributed by atoms with van der Waals surface area (Å²) in [6.45, 7) is 0. The second-order valence-corrected chi connectivity index (χ2v) is 7.24. The van der Waals surface area contributed by atoms with E-state index in [1.165, 1.54) is 26.5 Å². The first kappa shape index (κ1) is 12.2. The molecule has 1 aromatic heterocycles. The van der Waals surface area contributed by atoms with Crippen LogP contribution in [-0.4, -0.2) is 5.75 Å². The van der Waals surface area contributed by atoms with Crippen molar-refractivity contribution in [3.8, 4) is 11.1 Å². The monoisotopic (exact) mass is 294 g/mol. The van der Waals surface area contributed by atoms with Crippen LogP contribution in [-0.2, 0) is 0 Å². The highest BCUT2D eigenvalue weighted by molar-refractivity contribution is 8.01. The molecule has 0 N–H and O–H groups in total. The van der Waals surface area contributed by atoms with E-state index >= 15 is 0 Å². The Hall–Kier alpha value is -1.51. The maximum atomic E-state index is 2.29. The SMILES string of the molecule is c1csc(SCC2c3ccccc3-c3ccccc32)c1. The van der Waals surface area contributed by atoms with Gasteiger partial charge in [-0.05, 0) is 33.7 Å². The maximum absolute atomic E-state index is 2.29. The van der Waals surface area contributed by atoms with Gasteiger partial charge in [-0.2, -0.15) is 0 Å². The highest BCUT2D eigenvalue weighted by atomic mass is 32.2. The lowest BCUT2D eigenvalue weighted by Gasteiger charge is -2.12. The second-order valence-electron chi connectivity index (χ2n) is 4.97. The third-order valence-corrected chi connectivity index (χ3v) is 6.07. The summed E-state index contributed by atoms with van der Waals surface area (Å²) in [6.07, 6.45) is 0. The van der Waals surface area contributed by atoms with E-state index in [0.29, 0.717) is 5.92 Å². The molecular weight excluding hydrogens is 280 g/mol. The van der Waals surface area contributed by atoms with Gasteiger partial charge in [-0.15, -0.1) is 23.1 Å². The number of rotatable bonds is 3. The Morgan fingerprint density at radius 1 is 0.800 bits per heavy atom. The van der Waals surface area contributed by atoms with Crippen LogP contribution in [0.5, 0.6) is 0 Å². The van der Waals surface area contributed by atoms with Gasteiger partial charge in [-0.3, -0.25) is 0 Å². The van der Waals surface area contributed by atoms with E-state index in [-0.39, 0.29) is 0 Å². The Labute approximate surface area is 127 Å². The Balaban J connectivity index is 1.72. The molecule has 0 saturated heterocycles. The Kier molecular flexibility index (Phi) is 3.13. The molecule has 0 aliphatic heterocycles. The van der Waals surface area contributed by atoms with Crippen molar-refractivity contribution < 1.29 is 0 Å². The summed E-state index contributed by atoms with van der Waals surface area (Å²) in [5, 5.41) is 2.15. The molecule has 1 aliphatic rings. The highest BCUT2D eigenvalue weighted by Crippen LogP contribution is 2.46. The number of thioether (sulfide) groups is 1. The van der Waals surface area contributed by atoms with E-state index in [2.05, 4.69) is 66.0 Å². The van der Waals surface area contributed by atoms with Gasteiger partial charge in [0.15, 0.2) is 0 Å². The zero-order valence-corrected chi connectivity index (χ0v) is 12.6. The van der Waals surface area contributed by atoms with Crippen LogP contribution in [0.2, 0.25) is 0 Å². The summed E-state index contributed by atoms with van der Waals surface area (Å²) in [5.74, 6) is 1.64. The molecule has 0 atom stereocenters. The topological polar surface area (TPSA) is 0 Å². The zero-order valence-electron chi connectivity index (χ0n) is 11.0. The molecule has 0 unspecified atom stereocenters. The predicted octanol–water partition coefficient (Wildman–Crippen LogP) is 5.65. The summed E-state index contributed by atoms with van der Waals surface area (Å²) >= 11 is 3.80. The van der Waals surface area contributed by atoms with E-state index in [0.717, 1.165) is 5.75 Å². The third kappa shape index (κ3) is 2.00. The molecule has 0 spiro atoms. The van der Waals surface area contributed by atoms with E-state index in [1.54, 1.807) is 0 Å². The van der Waals surface area contributed by atoms with Crippen LogP contribution in [0, 0.1) is 0 Å². The molecule has 0 bridgehead atoms. The lowest BCUT2D eigenvalue weighted by molar-refractivity contribution is 0.972. The smallest absolute Gasteiger partial charge is 0.0598 e. The molecule has 4 rings (SSSR count). The van der Waals surface area contributed by atoms with Crippen LogP contribution < -0.4 is 0 Å². The van der Waals surface area contributed by atoms with Crippen molar-refractivity contribution in [2.45, 2.75) is 10.1 Å². The molecule has 1 aliphatic carbocycles. The molecule has 3 aromatic rings. The maximum Gasteiger partial charge on any atom is 0.0598 e. The summed E-state index contributed by atoms with van der Waals surface area (Å²) in [4.78, 5) is 0. The lowest BCUT2D eigenvalue weighted by Crippen LogP contribution is -1.99. The van der Waals surface area contributed by atoms with Crippen molar-refractivity contribution in [1.82, 2.24) is 0 Å². The van der Waals surface area contributed by atoms with Crippen LogP contribution in [0.4, 0.5) is 0 Å². The number of thiophene rings is 1. The van der Waals surface area contributed by atoms with E-state index < -0.39 is 0 Å². The molecule has 20 heavy (non-hydrogen) atoms. The van der Waals surface area contributed by atoms with Gasteiger partial charge in [0.1, 0.15) is 0 Å². The van der Waals surface area contributed by atoms with Gasteiger partial charge < -0.3 is 0 Å². The van der Waals surface area contributed by atoms with E-state index in [1.807, 2.05) is 23.1 Å². The molecular formula is C18H14S2. The quantitative estimate of drug-likeness (QED) is 0.562. The van der Waals surface area contributed by atoms with Crippen LogP contribution in [0.15, 0.2) is 70.3 Å². The van der Waals surface area contributed by atoms with Gasteiger partial charge in [0.25, 0.3) is 0 Å². The molecule has 0 fully saturated rings. The molecule has 0 amide bonds. The second kappa shape index (κ2) is 5.12. The Bertz CT molecular complexity index is 683.